The Balaban J connectivity index is 2.15. The Morgan fingerprint density at radius 3 is 2.44 bits per heavy atom. The van der Waals surface area contributed by atoms with E-state index < -0.39 is 0 Å². The van der Waals surface area contributed by atoms with Gasteiger partial charge in [0.2, 0.25) is 0 Å². The molecule has 0 radical (unpaired) electrons. The maximum atomic E-state index is 6.01. The van der Waals surface area contributed by atoms with Crippen molar-refractivity contribution in [1.29, 1.82) is 0 Å². The zero-order chi connectivity index (χ0) is 11.5. The van der Waals surface area contributed by atoms with Crippen LogP contribution in [0.3, 0.4) is 0 Å². The predicted octanol–water partition coefficient (Wildman–Crippen LogP) is 2.66. The van der Waals surface area contributed by atoms with E-state index >= 15 is 0 Å². The fourth-order valence-corrected chi connectivity index (χ4v) is 2.64. The van der Waals surface area contributed by atoms with Crippen molar-refractivity contribution >= 4 is 23.2 Å². The van der Waals surface area contributed by atoms with Crippen molar-refractivity contribution in [2.45, 2.75) is 18.9 Å². The quantitative estimate of drug-likeness (QED) is 0.853. The number of halogens is 2. The first-order valence-corrected chi connectivity index (χ1v) is 6.32. The molecular weight excluding hydrogens is 243 g/mol. The number of hydrogen-bond acceptors (Lipinski definition) is 2. The molecule has 1 fully saturated rings. The lowest BCUT2D eigenvalue weighted by atomic mass is 9.92. The first kappa shape index (κ1) is 12.2. The normalized spacial score (nSPS) is 23.1. The molecule has 1 saturated heterocycles. The van der Waals surface area contributed by atoms with Crippen LogP contribution in [0.15, 0.2) is 18.2 Å². The highest BCUT2D eigenvalue weighted by atomic mass is 35.5. The Morgan fingerprint density at radius 1 is 1.19 bits per heavy atom. The minimum Gasteiger partial charge on any atom is -0.314 e. The molecular formula is C12H16Cl2N2. The molecule has 0 amide bonds. The second kappa shape index (κ2) is 5.37. The van der Waals surface area contributed by atoms with Gasteiger partial charge in [0.1, 0.15) is 0 Å². The van der Waals surface area contributed by atoms with Crippen LogP contribution in [0.5, 0.6) is 0 Å². The van der Waals surface area contributed by atoms with Gasteiger partial charge in [-0.3, -0.25) is 0 Å². The van der Waals surface area contributed by atoms with E-state index in [0.717, 1.165) is 19.6 Å². The summed E-state index contributed by atoms with van der Waals surface area (Å²) < 4.78 is 0. The van der Waals surface area contributed by atoms with E-state index in [2.05, 4.69) is 17.6 Å². The van der Waals surface area contributed by atoms with Crippen molar-refractivity contribution in [2.24, 2.45) is 0 Å². The highest BCUT2D eigenvalue weighted by Gasteiger charge is 2.21. The average molecular weight is 259 g/mol. The van der Waals surface area contributed by atoms with E-state index in [9.17, 15) is 0 Å². The number of benzene rings is 1. The van der Waals surface area contributed by atoms with Gasteiger partial charge in [0.25, 0.3) is 0 Å². The van der Waals surface area contributed by atoms with Crippen LogP contribution in [0, 0.1) is 0 Å². The van der Waals surface area contributed by atoms with Crippen LogP contribution in [0.2, 0.25) is 10.0 Å². The summed E-state index contributed by atoms with van der Waals surface area (Å²) in [4.78, 5) is 0. The Labute approximate surface area is 106 Å². The third kappa shape index (κ3) is 2.89. The monoisotopic (exact) mass is 258 g/mol. The van der Waals surface area contributed by atoms with Crippen LogP contribution in [-0.4, -0.2) is 25.7 Å². The summed E-state index contributed by atoms with van der Waals surface area (Å²) in [7, 11) is 0. The molecule has 2 N–H and O–H groups in total. The topological polar surface area (TPSA) is 24.1 Å². The van der Waals surface area contributed by atoms with Gasteiger partial charge in [0.05, 0.1) is 0 Å². The molecule has 2 rings (SSSR count). The lowest BCUT2D eigenvalue weighted by molar-refractivity contribution is 0.378. The molecule has 16 heavy (non-hydrogen) atoms. The smallest absolute Gasteiger partial charge is 0.0423 e. The number of nitrogens with one attached hydrogen (secondary N) is 2. The lowest BCUT2D eigenvalue weighted by Crippen LogP contribution is -2.50. The number of rotatable bonds is 2. The van der Waals surface area contributed by atoms with E-state index in [4.69, 9.17) is 23.2 Å². The Bertz CT molecular complexity index is 342. The van der Waals surface area contributed by atoms with Gasteiger partial charge >= 0.3 is 0 Å². The molecule has 1 aromatic carbocycles. The minimum atomic E-state index is 0.406. The zero-order valence-corrected chi connectivity index (χ0v) is 10.8. The summed E-state index contributed by atoms with van der Waals surface area (Å²) in [5, 5.41) is 8.31. The molecule has 0 aromatic heterocycles. The van der Waals surface area contributed by atoms with E-state index in [-0.39, 0.29) is 0 Å². The standard InChI is InChI=1S/C12H16Cl2N2/c1-8(12-7-15-2-3-16-12)9-4-10(13)6-11(14)5-9/h4-6,8,12,15-16H,2-3,7H2,1H3. The highest BCUT2D eigenvalue weighted by Crippen LogP contribution is 2.26. The molecule has 1 aromatic rings. The molecule has 2 nitrogen and oxygen atoms in total. The van der Waals surface area contributed by atoms with Gasteiger partial charge in [0, 0.05) is 35.7 Å². The van der Waals surface area contributed by atoms with Crippen LogP contribution >= 0.6 is 23.2 Å². The molecule has 1 aliphatic rings. The molecule has 0 bridgehead atoms. The van der Waals surface area contributed by atoms with Crippen molar-refractivity contribution in [2.75, 3.05) is 19.6 Å². The van der Waals surface area contributed by atoms with Gasteiger partial charge in [-0.05, 0) is 29.7 Å². The molecule has 1 aliphatic heterocycles. The highest BCUT2D eigenvalue weighted by molar-refractivity contribution is 6.34. The van der Waals surface area contributed by atoms with Crippen molar-refractivity contribution in [3.63, 3.8) is 0 Å². The molecule has 4 heteroatoms. The van der Waals surface area contributed by atoms with Gasteiger partial charge in [-0.25, -0.2) is 0 Å². The second-order valence-electron chi connectivity index (χ2n) is 4.26. The van der Waals surface area contributed by atoms with Gasteiger partial charge in [-0.15, -0.1) is 0 Å². The molecule has 2 atom stereocenters. The lowest BCUT2D eigenvalue weighted by Gasteiger charge is -2.30. The summed E-state index contributed by atoms with van der Waals surface area (Å²) in [6.45, 7) is 5.25. The Hall–Kier alpha value is -0.280. The van der Waals surface area contributed by atoms with Crippen molar-refractivity contribution < 1.29 is 0 Å². The third-order valence-corrected chi connectivity index (χ3v) is 3.52. The summed E-state index contributed by atoms with van der Waals surface area (Å²) >= 11 is 12.0. The summed E-state index contributed by atoms with van der Waals surface area (Å²) in [5.74, 6) is 0.406. The Kier molecular flexibility index (Phi) is 4.09. The van der Waals surface area contributed by atoms with E-state index in [1.54, 1.807) is 6.07 Å². The average Bonchev–Trinajstić information content (AvgIpc) is 2.28. The second-order valence-corrected chi connectivity index (χ2v) is 5.13. The first-order valence-electron chi connectivity index (χ1n) is 5.57. The van der Waals surface area contributed by atoms with Crippen molar-refractivity contribution in [3.05, 3.63) is 33.8 Å². The fourth-order valence-electron chi connectivity index (χ4n) is 2.10. The molecule has 2 unspecified atom stereocenters. The van der Waals surface area contributed by atoms with E-state index in [0.29, 0.717) is 22.0 Å². The van der Waals surface area contributed by atoms with Crippen LogP contribution in [0.25, 0.3) is 0 Å². The summed E-state index contributed by atoms with van der Waals surface area (Å²) in [6.07, 6.45) is 0. The van der Waals surface area contributed by atoms with Crippen LogP contribution in [0.1, 0.15) is 18.4 Å². The molecule has 88 valence electrons. The van der Waals surface area contributed by atoms with Gasteiger partial charge in [0.15, 0.2) is 0 Å². The van der Waals surface area contributed by atoms with E-state index in [1.807, 2.05) is 12.1 Å². The van der Waals surface area contributed by atoms with Crippen LogP contribution < -0.4 is 10.6 Å². The predicted molar refractivity (Wildman–Crippen MR) is 69.5 cm³/mol. The molecule has 0 aliphatic carbocycles. The maximum Gasteiger partial charge on any atom is 0.0423 e. The van der Waals surface area contributed by atoms with Gasteiger partial charge in [-0.1, -0.05) is 30.1 Å². The first-order chi connectivity index (χ1) is 7.66. The maximum absolute atomic E-state index is 6.01. The molecule has 0 spiro atoms. The fraction of sp³-hybridized carbons (Fsp3) is 0.500. The number of hydrogen-bond donors (Lipinski definition) is 2. The minimum absolute atomic E-state index is 0.406. The van der Waals surface area contributed by atoms with Gasteiger partial charge < -0.3 is 10.6 Å². The summed E-state index contributed by atoms with van der Waals surface area (Å²) in [5.41, 5.74) is 1.19. The summed E-state index contributed by atoms with van der Waals surface area (Å²) in [6, 6.07) is 6.21. The molecule has 0 saturated carbocycles. The van der Waals surface area contributed by atoms with Crippen LogP contribution in [-0.2, 0) is 0 Å². The van der Waals surface area contributed by atoms with Crippen LogP contribution in [0.4, 0.5) is 0 Å². The van der Waals surface area contributed by atoms with Gasteiger partial charge in [-0.2, -0.15) is 0 Å². The Morgan fingerprint density at radius 2 is 1.88 bits per heavy atom. The third-order valence-electron chi connectivity index (χ3n) is 3.09. The van der Waals surface area contributed by atoms with Crippen molar-refractivity contribution in [1.82, 2.24) is 10.6 Å². The number of piperazine rings is 1. The molecule has 1 heterocycles. The van der Waals surface area contributed by atoms with Crippen molar-refractivity contribution in [3.8, 4) is 0 Å². The SMILES string of the molecule is CC(c1cc(Cl)cc(Cl)c1)C1CNCCN1. The largest absolute Gasteiger partial charge is 0.314 e. The van der Waals surface area contributed by atoms with E-state index in [1.165, 1.54) is 5.56 Å². The zero-order valence-electron chi connectivity index (χ0n) is 9.26.